The summed E-state index contributed by atoms with van der Waals surface area (Å²) in [6.45, 7) is 0.200. The van der Waals surface area contributed by atoms with Crippen molar-refractivity contribution < 1.29 is 14.3 Å². The third-order valence-corrected chi connectivity index (χ3v) is 6.24. The summed E-state index contributed by atoms with van der Waals surface area (Å²) in [7, 11) is 0. The molecular formula is C23H15BrN2O3S. The first-order chi connectivity index (χ1) is 14.7. The second kappa shape index (κ2) is 8.01. The van der Waals surface area contributed by atoms with E-state index in [-0.39, 0.29) is 12.7 Å². The summed E-state index contributed by atoms with van der Waals surface area (Å²) in [5, 5.41) is 0.612. The molecule has 0 spiro atoms. The molecule has 148 valence electrons. The van der Waals surface area contributed by atoms with Crippen LogP contribution in [0, 0.1) is 0 Å². The van der Waals surface area contributed by atoms with Crippen molar-refractivity contribution in [3.63, 3.8) is 0 Å². The van der Waals surface area contributed by atoms with E-state index in [4.69, 9.17) is 14.5 Å². The van der Waals surface area contributed by atoms with E-state index in [1.807, 2.05) is 78.9 Å². The van der Waals surface area contributed by atoms with Gasteiger partial charge in [0.1, 0.15) is 0 Å². The molecule has 0 atom stereocenters. The van der Waals surface area contributed by atoms with Gasteiger partial charge in [-0.2, -0.15) is 0 Å². The van der Waals surface area contributed by atoms with Crippen molar-refractivity contribution in [2.75, 3.05) is 11.7 Å². The number of thioether (sulfide) groups is 1. The van der Waals surface area contributed by atoms with Crippen molar-refractivity contribution in [1.29, 1.82) is 0 Å². The Balaban J connectivity index is 1.57. The highest BCUT2D eigenvalue weighted by Crippen LogP contribution is 2.41. The number of rotatable bonds is 3. The molecule has 5 nitrogen and oxygen atoms in total. The van der Waals surface area contributed by atoms with Gasteiger partial charge in [-0.1, -0.05) is 52.3 Å². The Labute approximate surface area is 186 Å². The molecule has 2 aliphatic rings. The van der Waals surface area contributed by atoms with Gasteiger partial charge in [-0.15, -0.1) is 0 Å². The quantitative estimate of drug-likeness (QED) is 0.434. The summed E-state index contributed by atoms with van der Waals surface area (Å²) in [6, 6.07) is 22.9. The van der Waals surface area contributed by atoms with E-state index in [1.54, 1.807) is 4.90 Å². The fraction of sp³-hybridized carbons (Fsp3) is 0.0435. The molecular weight excluding hydrogens is 464 g/mol. The first-order valence-corrected chi connectivity index (χ1v) is 10.8. The molecule has 0 aliphatic carbocycles. The van der Waals surface area contributed by atoms with Gasteiger partial charge in [0, 0.05) is 4.47 Å². The van der Waals surface area contributed by atoms with Gasteiger partial charge in [0.2, 0.25) is 6.79 Å². The Morgan fingerprint density at radius 1 is 0.967 bits per heavy atom. The SMILES string of the molecule is O=C1C(=Cc2cc3c(cc2Br)OCO3)SC(=Nc2ccccc2)N1c1ccccc1. The van der Waals surface area contributed by atoms with E-state index >= 15 is 0 Å². The van der Waals surface area contributed by atoms with Crippen LogP contribution >= 0.6 is 27.7 Å². The van der Waals surface area contributed by atoms with Crippen molar-refractivity contribution in [3.8, 4) is 11.5 Å². The summed E-state index contributed by atoms with van der Waals surface area (Å²) >= 11 is 4.91. The van der Waals surface area contributed by atoms with Crippen LogP contribution < -0.4 is 14.4 Å². The largest absolute Gasteiger partial charge is 0.454 e. The summed E-state index contributed by atoms with van der Waals surface area (Å²) in [5.41, 5.74) is 2.40. The van der Waals surface area contributed by atoms with Gasteiger partial charge >= 0.3 is 0 Å². The van der Waals surface area contributed by atoms with Gasteiger partial charge < -0.3 is 9.47 Å². The zero-order valence-corrected chi connectivity index (χ0v) is 18.0. The number of carbonyl (C=O) groups excluding carboxylic acids is 1. The molecule has 30 heavy (non-hydrogen) atoms. The highest BCUT2D eigenvalue weighted by atomic mass is 79.9. The predicted molar refractivity (Wildman–Crippen MR) is 123 cm³/mol. The molecule has 1 amide bonds. The maximum Gasteiger partial charge on any atom is 0.271 e. The number of para-hydroxylation sites is 2. The van der Waals surface area contributed by atoms with Crippen molar-refractivity contribution in [2.24, 2.45) is 4.99 Å². The molecule has 1 fully saturated rings. The Morgan fingerprint density at radius 2 is 1.63 bits per heavy atom. The number of amides is 1. The maximum atomic E-state index is 13.3. The number of halogens is 1. The Bertz CT molecular complexity index is 1180. The molecule has 0 unspecified atom stereocenters. The number of ether oxygens (including phenoxy) is 2. The summed E-state index contributed by atoms with van der Waals surface area (Å²) < 4.78 is 11.7. The van der Waals surface area contributed by atoms with Crippen LogP contribution in [0.4, 0.5) is 11.4 Å². The Hall–Kier alpha value is -3.03. The second-order valence-electron chi connectivity index (χ2n) is 6.54. The fourth-order valence-electron chi connectivity index (χ4n) is 3.15. The van der Waals surface area contributed by atoms with Gasteiger partial charge in [0.15, 0.2) is 16.7 Å². The third kappa shape index (κ3) is 3.62. The van der Waals surface area contributed by atoms with Gasteiger partial charge in [0.05, 0.1) is 16.3 Å². The second-order valence-corrected chi connectivity index (χ2v) is 8.41. The fourth-order valence-corrected chi connectivity index (χ4v) is 4.58. The molecule has 0 aromatic heterocycles. The topological polar surface area (TPSA) is 51.1 Å². The monoisotopic (exact) mass is 478 g/mol. The van der Waals surface area contributed by atoms with E-state index in [9.17, 15) is 4.79 Å². The Kier molecular flexibility index (Phi) is 5.06. The van der Waals surface area contributed by atoms with Crippen LogP contribution in [0.15, 0.2) is 87.2 Å². The summed E-state index contributed by atoms with van der Waals surface area (Å²) in [6.07, 6.45) is 1.85. The lowest BCUT2D eigenvalue weighted by Crippen LogP contribution is -2.28. The number of hydrogen-bond donors (Lipinski definition) is 0. The lowest BCUT2D eigenvalue weighted by atomic mass is 10.2. The van der Waals surface area contributed by atoms with Crippen molar-refractivity contribution in [2.45, 2.75) is 0 Å². The molecule has 3 aromatic rings. The molecule has 0 saturated carbocycles. The minimum Gasteiger partial charge on any atom is -0.454 e. The number of amidine groups is 1. The lowest BCUT2D eigenvalue weighted by Gasteiger charge is -2.15. The predicted octanol–water partition coefficient (Wildman–Crippen LogP) is 5.99. The molecule has 7 heteroatoms. The van der Waals surface area contributed by atoms with Crippen molar-refractivity contribution in [3.05, 3.63) is 87.7 Å². The van der Waals surface area contributed by atoms with E-state index < -0.39 is 0 Å². The smallest absolute Gasteiger partial charge is 0.271 e. The minimum atomic E-state index is -0.120. The number of fused-ring (bicyclic) bond motifs is 1. The average Bonchev–Trinajstić information content (AvgIpc) is 3.33. The van der Waals surface area contributed by atoms with Crippen molar-refractivity contribution >= 4 is 56.2 Å². The van der Waals surface area contributed by atoms with Crippen LogP contribution in [-0.4, -0.2) is 17.9 Å². The van der Waals surface area contributed by atoms with Gasteiger partial charge in [-0.3, -0.25) is 9.69 Å². The Morgan fingerprint density at radius 3 is 2.37 bits per heavy atom. The van der Waals surface area contributed by atoms with E-state index in [0.29, 0.717) is 21.6 Å². The molecule has 2 aliphatic heterocycles. The lowest BCUT2D eigenvalue weighted by molar-refractivity contribution is -0.113. The minimum absolute atomic E-state index is 0.120. The van der Waals surface area contributed by atoms with Crippen LogP contribution in [0.2, 0.25) is 0 Å². The van der Waals surface area contributed by atoms with Gasteiger partial charge in [-0.25, -0.2) is 4.99 Å². The van der Waals surface area contributed by atoms with Gasteiger partial charge in [0.25, 0.3) is 5.91 Å². The standard InChI is InChI=1S/C23H15BrN2O3S/c24-18-13-20-19(28-14-29-20)11-15(18)12-21-22(27)26(17-9-5-2-6-10-17)23(30-21)25-16-7-3-1-4-8-16/h1-13H,14H2. The van der Waals surface area contributed by atoms with Crippen LogP contribution in [0.5, 0.6) is 11.5 Å². The highest BCUT2D eigenvalue weighted by Gasteiger charge is 2.35. The van der Waals surface area contributed by atoms with E-state index in [0.717, 1.165) is 21.4 Å². The van der Waals surface area contributed by atoms with Crippen molar-refractivity contribution in [1.82, 2.24) is 0 Å². The molecule has 0 bridgehead atoms. The number of aliphatic imine (C=N–C) groups is 1. The first-order valence-electron chi connectivity index (χ1n) is 9.21. The zero-order valence-electron chi connectivity index (χ0n) is 15.6. The number of anilines is 1. The molecule has 0 N–H and O–H groups in total. The molecule has 0 radical (unpaired) electrons. The number of carbonyl (C=O) groups is 1. The number of nitrogens with zero attached hydrogens (tertiary/aromatic N) is 2. The van der Waals surface area contributed by atoms with Crippen LogP contribution in [0.25, 0.3) is 6.08 Å². The molecule has 2 heterocycles. The molecule has 3 aromatic carbocycles. The molecule has 1 saturated heterocycles. The van der Waals surface area contributed by atoms with E-state index in [1.165, 1.54) is 11.8 Å². The maximum absolute atomic E-state index is 13.3. The number of benzene rings is 3. The first kappa shape index (κ1) is 19.0. The molecule has 5 rings (SSSR count). The van der Waals surface area contributed by atoms with Crippen LogP contribution in [0.3, 0.4) is 0 Å². The van der Waals surface area contributed by atoms with Crippen LogP contribution in [0.1, 0.15) is 5.56 Å². The number of hydrogen-bond acceptors (Lipinski definition) is 5. The normalized spacial score (nSPS) is 17.9. The van der Waals surface area contributed by atoms with Crippen LogP contribution in [-0.2, 0) is 4.79 Å². The summed E-state index contributed by atoms with van der Waals surface area (Å²) in [5.74, 6) is 1.23. The average molecular weight is 479 g/mol. The van der Waals surface area contributed by atoms with E-state index in [2.05, 4.69) is 15.9 Å². The van der Waals surface area contributed by atoms with Gasteiger partial charge in [-0.05, 0) is 59.8 Å². The third-order valence-electron chi connectivity index (χ3n) is 4.58. The zero-order chi connectivity index (χ0) is 20.5. The summed E-state index contributed by atoms with van der Waals surface area (Å²) in [4.78, 5) is 20.3. The highest BCUT2D eigenvalue weighted by molar-refractivity contribution is 9.10.